The average molecular weight is 1000 g/mol. The Morgan fingerprint density at radius 1 is 0.563 bits per heavy atom. The Hall–Kier alpha value is -7.38. The number of rotatable bonds is 19. The monoisotopic (exact) mass is 1000 g/mol. The van der Waals surface area contributed by atoms with Gasteiger partial charge < -0.3 is 75.3 Å². The number of amides is 12. The second-order valence-corrected chi connectivity index (χ2v) is 17.6. The maximum absolute atomic E-state index is 14.2. The van der Waals surface area contributed by atoms with Crippen molar-refractivity contribution >= 4 is 70.9 Å². The highest BCUT2D eigenvalue weighted by Gasteiger charge is 2.39. The summed E-state index contributed by atoms with van der Waals surface area (Å²) < 4.78 is 0. The molecule has 12 amide bonds. The SMILES string of the molecule is CCCCCCCC[C@@H]1CC(=O)N2CCC[C@@H]2C(=O)N[C@@H](CC(N)=O)C(=O)N[C@@H](CO)C(=O)N[C@@H](CCC(N)=O)C(=O)N[C@@H](CC(N)=O)C(=O)N[C@H](Cc2ccc(O)cc2)C(=O)N[C@@H](CC(N)=O)C(=O)N1. The first-order valence-electron chi connectivity index (χ1n) is 23.6. The summed E-state index contributed by atoms with van der Waals surface area (Å²) in [6.45, 7) is 1.01. The minimum absolute atomic E-state index is 0.0767. The maximum Gasteiger partial charge on any atom is 0.245 e. The van der Waals surface area contributed by atoms with Gasteiger partial charge in [0.25, 0.3) is 0 Å². The molecule has 17 N–H and O–H groups in total. The quantitative estimate of drug-likeness (QED) is 0.0580. The summed E-state index contributed by atoms with van der Waals surface area (Å²) in [6, 6.07) is -7.43. The Morgan fingerprint density at radius 3 is 1.55 bits per heavy atom. The smallest absolute Gasteiger partial charge is 0.245 e. The zero-order chi connectivity index (χ0) is 52.8. The Balaban J connectivity index is 2.17. The third-order valence-corrected chi connectivity index (χ3v) is 11.8. The topological polar surface area (TPSA) is 437 Å². The summed E-state index contributed by atoms with van der Waals surface area (Å²) in [7, 11) is 0. The molecule has 2 heterocycles. The highest BCUT2D eigenvalue weighted by Crippen LogP contribution is 2.21. The van der Waals surface area contributed by atoms with Gasteiger partial charge in [-0.15, -0.1) is 0 Å². The highest BCUT2D eigenvalue weighted by atomic mass is 16.3. The molecule has 3 rings (SSSR count). The number of primary amides is 4. The van der Waals surface area contributed by atoms with Crippen LogP contribution in [0.5, 0.6) is 5.75 Å². The lowest BCUT2D eigenvalue weighted by Crippen LogP contribution is -2.61. The van der Waals surface area contributed by atoms with E-state index in [1.54, 1.807) is 0 Å². The maximum atomic E-state index is 14.2. The van der Waals surface area contributed by atoms with Crippen molar-refractivity contribution in [2.45, 2.75) is 158 Å². The number of carbonyl (C=O) groups is 12. The van der Waals surface area contributed by atoms with Gasteiger partial charge in [0.15, 0.2) is 0 Å². The van der Waals surface area contributed by atoms with Crippen molar-refractivity contribution in [1.29, 1.82) is 0 Å². The number of unbranched alkanes of at least 4 members (excludes halogenated alkanes) is 5. The lowest BCUT2D eigenvalue weighted by atomic mass is 10.0. The summed E-state index contributed by atoms with van der Waals surface area (Å²) in [5.41, 5.74) is 22.0. The van der Waals surface area contributed by atoms with E-state index in [1.165, 1.54) is 29.2 Å². The molecular weight excluding hydrogens is 933 g/mol. The van der Waals surface area contributed by atoms with Crippen molar-refractivity contribution < 1.29 is 67.7 Å². The second-order valence-electron chi connectivity index (χ2n) is 17.6. The van der Waals surface area contributed by atoms with E-state index in [0.29, 0.717) is 18.4 Å². The number of nitrogens with two attached hydrogens (primary N) is 4. The molecule has 392 valence electrons. The van der Waals surface area contributed by atoms with Crippen molar-refractivity contribution in [2.24, 2.45) is 22.9 Å². The molecular formula is C45H68N12O14. The summed E-state index contributed by atoms with van der Waals surface area (Å²) in [5, 5.41) is 36.8. The van der Waals surface area contributed by atoms with Crippen LogP contribution in [0.15, 0.2) is 24.3 Å². The number of carbonyl (C=O) groups excluding carboxylic acids is 12. The normalized spacial score (nSPS) is 24.6. The minimum Gasteiger partial charge on any atom is -0.508 e. The first-order valence-corrected chi connectivity index (χ1v) is 23.6. The largest absolute Gasteiger partial charge is 0.508 e. The zero-order valence-electron chi connectivity index (χ0n) is 39.7. The molecule has 26 nitrogen and oxygen atoms in total. The van der Waals surface area contributed by atoms with Crippen LogP contribution in [0, 0.1) is 0 Å². The van der Waals surface area contributed by atoms with Crippen LogP contribution in [-0.4, -0.2) is 147 Å². The summed E-state index contributed by atoms with van der Waals surface area (Å²) >= 11 is 0. The molecule has 71 heavy (non-hydrogen) atoms. The van der Waals surface area contributed by atoms with Crippen LogP contribution in [0.4, 0.5) is 0 Å². The van der Waals surface area contributed by atoms with Crippen molar-refractivity contribution in [3.8, 4) is 5.75 Å². The van der Waals surface area contributed by atoms with Gasteiger partial charge in [0.1, 0.15) is 48.0 Å². The predicted molar refractivity (Wildman–Crippen MR) is 250 cm³/mol. The van der Waals surface area contributed by atoms with Gasteiger partial charge in [-0.3, -0.25) is 57.5 Å². The number of benzene rings is 1. The summed E-state index contributed by atoms with van der Waals surface area (Å²) in [4.78, 5) is 161. The standard InChI is InChI=1S/C45H68N12O14/c1-2-3-4-5-6-7-9-25-19-38(64)57-17-8-10-33(57)45(71)55-31(22-37(49)63)43(69)56-32(23-58)44(70)51-27(15-16-34(46)60)39(65)53-30(21-36(48)62)42(68)52-28(18-24-11-13-26(59)14-12-24)41(67)54-29(20-35(47)61)40(66)50-25/h11-14,25,27-33,58-59H,2-10,15-23H2,1H3,(H2,46,60)(H2,47,61)(H2,48,62)(H2,49,63)(H,50,66)(H,51,70)(H,52,68)(H,53,65)(H,54,67)(H,55,71)(H,56,69)/t25-,27+,28-,29+,30+,31+,32+,33-/m1/s1. The molecule has 0 saturated carbocycles. The molecule has 2 saturated heterocycles. The molecule has 8 atom stereocenters. The molecule has 1 aromatic carbocycles. The van der Waals surface area contributed by atoms with Crippen LogP contribution < -0.4 is 60.2 Å². The van der Waals surface area contributed by atoms with E-state index >= 15 is 0 Å². The number of phenolic OH excluding ortho intramolecular Hbond substituents is 1. The molecule has 0 radical (unpaired) electrons. The molecule has 0 aromatic heterocycles. The highest BCUT2D eigenvalue weighted by molar-refractivity contribution is 6.00. The van der Waals surface area contributed by atoms with Crippen molar-refractivity contribution in [1.82, 2.24) is 42.1 Å². The Labute approximate surface area is 409 Å². The van der Waals surface area contributed by atoms with Gasteiger partial charge in [-0.1, -0.05) is 57.6 Å². The summed E-state index contributed by atoms with van der Waals surface area (Å²) in [6.07, 6.45) is 1.43. The molecule has 0 aliphatic carbocycles. The third kappa shape index (κ3) is 19.9. The molecule has 2 aliphatic rings. The van der Waals surface area contributed by atoms with Crippen LogP contribution in [0.2, 0.25) is 0 Å². The van der Waals surface area contributed by atoms with Gasteiger partial charge in [0.2, 0.25) is 70.9 Å². The fourth-order valence-corrected chi connectivity index (χ4v) is 8.05. The fourth-order valence-electron chi connectivity index (χ4n) is 8.05. The van der Waals surface area contributed by atoms with Crippen molar-refractivity contribution in [2.75, 3.05) is 13.2 Å². The number of nitrogens with zero attached hydrogens (tertiary/aromatic N) is 1. The number of aliphatic hydroxyl groups is 1. The molecule has 0 spiro atoms. The van der Waals surface area contributed by atoms with Gasteiger partial charge in [0.05, 0.1) is 25.9 Å². The molecule has 0 unspecified atom stereocenters. The molecule has 26 heteroatoms. The van der Waals surface area contributed by atoms with Gasteiger partial charge in [0, 0.05) is 31.8 Å². The average Bonchev–Trinajstić information content (AvgIpc) is 3.80. The third-order valence-electron chi connectivity index (χ3n) is 11.8. The molecule has 2 aliphatic heterocycles. The van der Waals surface area contributed by atoms with E-state index in [4.69, 9.17) is 22.9 Å². The number of hydrogen-bond acceptors (Lipinski definition) is 14. The van der Waals surface area contributed by atoms with Crippen LogP contribution >= 0.6 is 0 Å². The fraction of sp³-hybridized carbons (Fsp3) is 0.600. The lowest BCUT2D eigenvalue weighted by molar-refractivity contribution is -0.141. The predicted octanol–water partition coefficient (Wildman–Crippen LogP) is -4.64. The van der Waals surface area contributed by atoms with Gasteiger partial charge in [-0.25, -0.2) is 0 Å². The number of aromatic hydroxyl groups is 1. The molecule has 0 bridgehead atoms. The van der Waals surface area contributed by atoms with E-state index in [1.807, 2.05) is 0 Å². The van der Waals surface area contributed by atoms with Gasteiger partial charge in [-0.2, -0.15) is 0 Å². The number of phenols is 1. The second kappa shape index (κ2) is 29.0. The molecule has 2 fully saturated rings. The van der Waals surface area contributed by atoms with Crippen LogP contribution in [0.25, 0.3) is 0 Å². The Kier molecular flexibility index (Phi) is 23.6. The Bertz CT molecular complexity index is 2110. The lowest BCUT2D eigenvalue weighted by Gasteiger charge is -2.29. The molecule has 1 aromatic rings. The minimum atomic E-state index is -1.90. The van der Waals surface area contributed by atoms with E-state index in [9.17, 15) is 67.7 Å². The van der Waals surface area contributed by atoms with E-state index < -0.39 is 158 Å². The van der Waals surface area contributed by atoms with Crippen LogP contribution in [0.3, 0.4) is 0 Å². The van der Waals surface area contributed by atoms with E-state index in [-0.39, 0.29) is 38.0 Å². The first-order chi connectivity index (χ1) is 33.6. The Morgan fingerprint density at radius 2 is 1.01 bits per heavy atom. The first kappa shape index (κ1) is 57.9. The van der Waals surface area contributed by atoms with Crippen LogP contribution in [-0.2, 0) is 64.0 Å². The number of aliphatic hydroxyl groups excluding tert-OH is 1. The van der Waals surface area contributed by atoms with Crippen LogP contribution in [0.1, 0.15) is 109 Å². The number of hydrogen-bond donors (Lipinski definition) is 13. The number of fused-ring (bicyclic) bond motifs is 1. The van der Waals surface area contributed by atoms with Crippen molar-refractivity contribution in [3.05, 3.63) is 29.8 Å². The summed E-state index contributed by atoms with van der Waals surface area (Å²) in [5.74, 6) is -12.7. The van der Waals surface area contributed by atoms with Gasteiger partial charge in [-0.05, 0) is 43.4 Å². The number of nitrogens with one attached hydrogen (secondary N) is 7. The van der Waals surface area contributed by atoms with Crippen molar-refractivity contribution in [3.63, 3.8) is 0 Å². The van der Waals surface area contributed by atoms with Gasteiger partial charge >= 0.3 is 0 Å². The zero-order valence-corrected chi connectivity index (χ0v) is 39.7. The van der Waals surface area contributed by atoms with E-state index in [0.717, 1.165) is 32.1 Å². The van der Waals surface area contributed by atoms with E-state index in [2.05, 4.69) is 44.1 Å².